The maximum Gasteiger partial charge on any atom is 0.224 e. The van der Waals surface area contributed by atoms with Crippen LogP contribution in [-0.2, 0) is 4.79 Å². The van der Waals surface area contributed by atoms with E-state index in [1.165, 1.54) is 6.42 Å². The summed E-state index contributed by atoms with van der Waals surface area (Å²) in [7, 11) is 0. The molecule has 0 aliphatic carbocycles. The van der Waals surface area contributed by atoms with E-state index < -0.39 is 0 Å². The van der Waals surface area contributed by atoms with E-state index in [0.29, 0.717) is 18.9 Å². The second-order valence-electron chi connectivity index (χ2n) is 6.27. The fourth-order valence-electron chi connectivity index (χ4n) is 2.65. The number of anilines is 1. The Bertz CT molecular complexity index is 549. The third-order valence-corrected chi connectivity index (χ3v) is 3.82. The summed E-state index contributed by atoms with van der Waals surface area (Å²) in [5, 5.41) is 3.02. The SMILES string of the molecule is CC(C)Oc1ccc(NC(N)=NCCC(=O)N2CCCCC2)cc1. The van der Waals surface area contributed by atoms with E-state index in [4.69, 9.17) is 10.5 Å². The lowest BCUT2D eigenvalue weighted by atomic mass is 10.1. The van der Waals surface area contributed by atoms with Crippen LogP contribution < -0.4 is 15.8 Å². The van der Waals surface area contributed by atoms with Crippen molar-refractivity contribution in [2.75, 3.05) is 25.0 Å². The fourth-order valence-corrected chi connectivity index (χ4v) is 2.65. The first-order chi connectivity index (χ1) is 11.5. The van der Waals surface area contributed by atoms with Crippen LogP contribution in [0.2, 0.25) is 0 Å². The smallest absolute Gasteiger partial charge is 0.224 e. The lowest BCUT2D eigenvalue weighted by Crippen LogP contribution is -2.36. The monoisotopic (exact) mass is 332 g/mol. The third-order valence-electron chi connectivity index (χ3n) is 3.82. The molecule has 2 rings (SSSR count). The molecule has 3 N–H and O–H groups in total. The number of hydrogen-bond acceptors (Lipinski definition) is 3. The molecule has 1 heterocycles. The molecule has 6 nitrogen and oxygen atoms in total. The first kappa shape index (κ1) is 18.1. The van der Waals surface area contributed by atoms with Crippen LogP contribution in [0.15, 0.2) is 29.3 Å². The van der Waals surface area contributed by atoms with Crippen LogP contribution in [-0.4, -0.2) is 42.5 Å². The van der Waals surface area contributed by atoms with Gasteiger partial charge in [0.2, 0.25) is 5.91 Å². The standard InChI is InChI=1S/C18H28N4O2/c1-14(2)24-16-8-6-15(7-9-16)21-18(19)20-11-10-17(23)22-12-4-3-5-13-22/h6-9,14H,3-5,10-13H2,1-2H3,(H3,19,20,21). The molecule has 132 valence electrons. The van der Waals surface area contributed by atoms with Gasteiger partial charge in [-0.3, -0.25) is 9.79 Å². The van der Waals surface area contributed by atoms with Crippen LogP contribution in [0.5, 0.6) is 5.75 Å². The summed E-state index contributed by atoms with van der Waals surface area (Å²) in [6.45, 7) is 6.13. The summed E-state index contributed by atoms with van der Waals surface area (Å²) in [6, 6.07) is 7.54. The number of guanidine groups is 1. The Hall–Kier alpha value is -2.24. The Morgan fingerprint density at radius 1 is 1.25 bits per heavy atom. The summed E-state index contributed by atoms with van der Waals surface area (Å²) in [5.41, 5.74) is 6.71. The number of carbonyl (C=O) groups is 1. The number of carbonyl (C=O) groups excluding carboxylic acids is 1. The Kier molecular flexibility index (Phi) is 6.90. The van der Waals surface area contributed by atoms with Crippen molar-refractivity contribution in [3.8, 4) is 5.75 Å². The van der Waals surface area contributed by atoms with Gasteiger partial charge in [-0.1, -0.05) is 0 Å². The molecule has 0 bridgehead atoms. The van der Waals surface area contributed by atoms with Gasteiger partial charge in [0.05, 0.1) is 12.6 Å². The fraction of sp³-hybridized carbons (Fsp3) is 0.556. The number of aliphatic imine (C=N–C) groups is 1. The molecule has 1 aliphatic rings. The molecule has 1 fully saturated rings. The molecule has 6 heteroatoms. The summed E-state index contributed by atoms with van der Waals surface area (Å²) >= 11 is 0. The highest BCUT2D eigenvalue weighted by Gasteiger charge is 2.15. The normalized spacial score (nSPS) is 15.5. The molecule has 1 aromatic carbocycles. The Labute approximate surface area is 144 Å². The molecular formula is C18H28N4O2. The average Bonchev–Trinajstić information content (AvgIpc) is 2.57. The van der Waals surface area contributed by atoms with Crippen molar-refractivity contribution < 1.29 is 9.53 Å². The largest absolute Gasteiger partial charge is 0.491 e. The third kappa shape index (κ3) is 6.10. The predicted octanol–water partition coefficient (Wildman–Crippen LogP) is 2.60. The van der Waals surface area contributed by atoms with Gasteiger partial charge in [0.1, 0.15) is 5.75 Å². The van der Waals surface area contributed by atoms with Crippen molar-refractivity contribution >= 4 is 17.6 Å². The molecule has 0 unspecified atom stereocenters. The second kappa shape index (κ2) is 9.15. The van der Waals surface area contributed by atoms with Crippen LogP contribution in [0.4, 0.5) is 5.69 Å². The van der Waals surface area contributed by atoms with Crippen LogP contribution in [0.3, 0.4) is 0 Å². The van der Waals surface area contributed by atoms with E-state index >= 15 is 0 Å². The topological polar surface area (TPSA) is 80.0 Å². The zero-order valence-electron chi connectivity index (χ0n) is 14.6. The van der Waals surface area contributed by atoms with Crippen molar-refractivity contribution in [2.45, 2.75) is 45.6 Å². The van der Waals surface area contributed by atoms with Crippen LogP contribution in [0.25, 0.3) is 0 Å². The summed E-state index contributed by atoms with van der Waals surface area (Å²) in [6.07, 6.45) is 3.99. The van der Waals surface area contributed by atoms with Gasteiger partial charge in [-0.2, -0.15) is 0 Å². The highest BCUT2D eigenvalue weighted by atomic mass is 16.5. The van der Waals surface area contributed by atoms with Gasteiger partial charge < -0.3 is 20.7 Å². The Morgan fingerprint density at radius 3 is 2.54 bits per heavy atom. The molecule has 24 heavy (non-hydrogen) atoms. The first-order valence-electron chi connectivity index (χ1n) is 8.66. The number of rotatable bonds is 6. The van der Waals surface area contributed by atoms with Crippen molar-refractivity contribution in [2.24, 2.45) is 10.7 Å². The van der Waals surface area contributed by atoms with Gasteiger partial charge in [0.15, 0.2) is 5.96 Å². The number of hydrogen-bond donors (Lipinski definition) is 2. The number of piperidine rings is 1. The van der Waals surface area contributed by atoms with Crippen molar-refractivity contribution in [1.29, 1.82) is 0 Å². The van der Waals surface area contributed by atoms with Crippen LogP contribution in [0.1, 0.15) is 39.5 Å². The molecule has 0 radical (unpaired) electrons. The molecule has 1 amide bonds. The van der Waals surface area contributed by atoms with Crippen molar-refractivity contribution in [3.05, 3.63) is 24.3 Å². The van der Waals surface area contributed by atoms with Gasteiger partial charge in [0.25, 0.3) is 0 Å². The minimum absolute atomic E-state index is 0.146. The number of ether oxygens (including phenoxy) is 1. The molecule has 1 aromatic rings. The second-order valence-corrected chi connectivity index (χ2v) is 6.27. The van der Waals surface area contributed by atoms with E-state index in [-0.39, 0.29) is 12.0 Å². The summed E-state index contributed by atoms with van der Waals surface area (Å²) in [5.74, 6) is 1.30. The number of benzene rings is 1. The lowest BCUT2D eigenvalue weighted by molar-refractivity contribution is -0.131. The maximum absolute atomic E-state index is 12.0. The zero-order chi connectivity index (χ0) is 17.4. The van der Waals surface area contributed by atoms with Crippen molar-refractivity contribution in [1.82, 2.24) is 4.90 Å². The van der Waals surface area contributed by atoms with Crippen LogP contribution >= 0.6 is 0 Å². The number of nitrogens with one attached hydrogen (secondary N) is 1. The van der Waals surface area contributed by atoms with Gasteiger partial charge in [0, 0.05) is 25.2 Å². The highest BCUT2D eigenvalue weighted by molar-refractivity contribution is 5.92. The van der Waals surface area contributed by atoms with Gasteiger partial charge in [-0.25, -0.2) is 0 Å². The Morgan fingerprint density at radius 2 is 1.92 bits per heavy atom. The van der Waals surface area contributed by atoms with E-state index in [2.05, 4.69) is 10.3 Å². The average molecular weight is 332 g/mol. The predicted molar refractivity (Wildman–Crippen MR) is 97.4 cm³/mol. The van der Waals surface area contributed by atoms with Crippen molar-refractivity contribution in [3.63, 3.8) is 0 Å². The van der Waals surface area contributed by atoms with Crippen LogP contribution in [0, 0.1) is 0 Å². The molecule has 0 saturated carbocycles. The van der Waals surface area contributed by atoms with Gasteiger partial charge >= 0.3 is 0 Å². The summed E-state index contributed by atoms with van der Waals surface area (Å²) in [4.78, 5) is 18.2. The molecular weight excluding hydrogens is 304 g/mol. The molecule has 0 spiro atoms. The number of nitrogens with two attached hydrogens (primary N) is 1. The molecule has 1 saturated heterocycles. The lowest BCUT2D eigenvalue weighted by Gasteiger charge is -2.26. The molecule has 0 atom stereocenters. The summed E-state index contributed by atoms with van der Waals surface area (Å²) < 4.78 is 5.59. The zero-order valence-corrected chi connectivity index (χ0v) is 14.6. The Balaban J connectivity index is 1.75. The number of likely N-dealkylation sites (tertiary alicyclic amines) is 1. The maximum atomic E-state index is 12.0. The molecule has 1 aliphatic heterocycles. The van der Waals surface area contributed by atoms with Gasteiger partial charge in [-0.15, -0.1) is 0 Å². The first-order valence-corrected chi connectivity index (χ1v) is 8.66. The van der Waals surface area contributed by atoms with E-state index in [1.54, 1.807) is 0 Å². The quantitative estimate of drug-likeness (QED) is 0.620. The minimum Gasteiger partial charge on any atom is -0.491 e. The van der Waals surface area contributed by atoms with E-state index in [9.17, 15) is 4.79 Å². The highest BCUT2D eigenvalue weighted by Crippen LogP contribution is 2.16. The van der Waals surface area contributed by atoms with E-state index in [1.807, 2.05) is 43.0 Å². The van der Waals surface area contributed by atoms with E-state index in [0.717, 1.165) is 37.4 Å². The van der Waals surface area contributed by atoms with Gasteiger partial charge in [-0.05, 0) is 57.4 Å². The molecule has 0 aromatic heterocycles. The number of nitrogens with zero attached hydrogens (tertiary/aromatic N) is 2. The number of amides is 1. The minimum atomic E-state index is 0.146.